The van der Waals surface area contributed by atoms with Gasteiger partial charge in [-0.1, -0.05) is 56.3 Å². The monoisotopic (exact) mass is 385 g/mol. The summed E-state index contributed by atoms with van der Waals surface area (Å²) in [6, 6.07) is 17.4. The van der Waals surface area contributed by atoms with Crippen molar-refractivity contribution in [2.45, 2.75) is 32.1 Å². The standard InChI is InChI=1S/C23H29NO3.H2O/c1-17-15-24(12-11-23(17,2)20-9-6-10-21(25)14-20)16-19(22(26)27)13-18-7-4-3-5-8-18;/h3-10,14,17,19,25H,11-13,15-16H2,1-2H3,(H,26,27);1H2/t17-,19?,23+;/m0./s1. The number of piperidine rings is 1. The van der Waals surface area contributed by atoms with Crippen LogP contribution in [-0.4, -0.2) is 46.2 Å². The number of hydrogen-bond donors (Lipinski definition) is 2. The molecule has 1 aliphatic heterocycles. The van der Waals surface area contributed by atoms with Gasteiger partial charge in [-0.05, 0) is 54.0 Å². The van der Waals surface area contributed by atoms with Gasteiger partial charge in [0.1, 0.15) is 5.75 Å². The van der Waals surface area contributed by atoms with Gasteiger partial charge >= 0.3 is 5.97 Å². The van der Waals surface area contributed by atoms with E-state index in [1.165, 1.54) is 0 Å². The number of carboxylic acids is 1. The fourth-order valence-electron chi connectivity index (χ4n) is 4.21. The Bertz CT molecular complexity index is 779. The van der Waals surface area contributed by atoms with Crippen molar-refractivity contribution in [1.29, 1.82) is 0 Å². The first-order valence-electron chi connectivity index (χ1n) is 9.67. The molecular weight excluding hydrogens is 354 g/mol. The number of carbonyl (C=O) groups is 1. The van der Waals surface area contributed by atoms with Gasteiger partial charge in [0.25, 0.3) is 0 Å². The first-order valence-corrected chi connectivity index (χ1v) is 9.67. The molecule has 0 aliphatic carbocycles. The second-order valence-electron chi connectivity index (χ2n) is 8.10. The van der Waals surface area contributed by atoms with Gasteiger partial charge in [0, 0.05) is 13.1 Å². The molecule has 5 nitrogen and oxygen atoms in total. The average Bonchev–Trinajstić information content (AvgIpc) is 2.65. The Morgan fingerprint density at radius 2 is 1.93 bits per heavy atom. The van der Waals surface area contributed by atoms with Gasteiger partial charge in [0.05, 0.1) is 5.92 Å². The number of rotatable bonds is 6. The maximum absolute atomic E-state index is 11.8. The predicted octanol–water partition coefficient (Wildman–Crippen LogP) is 3.11. The van der Waals surface area contributed by atoms with E-state index in [9.17, 15) is 15.0 Å². The molecule has 2 aromatic carbocycles. The van der Waals surface area contributed by atoms with E-state index >= 15 is 0 Å². The zero-order valence-corrected chi connectivity index (χ0v) is 16.6. The van der Waals surface area contributed by atoms with Gasteiger partial charge in [-0.3, -0.25) is 4.79 Å². The van der Waals surface area contributed by atoms with Gasteiger partial charge in [0.15, 0.2) is 0 Å². The maximum Gasteiger partial charge on any atom is 0.308 e. The second kappa shape index (κ2) is 9.22. The normalized spacial score (nSPS) is 23.6. The predicted molar refractivity (Wildman–Crippen MR) is 111 cm³/mol. The lowest BCUT2D eigenvalue weighted by Gasteiger charge is -2.45. The molecular formula is C23H31NO4. The minimum atomic E-state index is -0.729. The van der Waals surface area contributed by atoms with E-state index in [0.717, 1.165) is 30.6 Å². The number of carboxylic acid groups (broad SMARTS) is 1. The summed E-state index contributed by atoms with van der Waals surface area (Å²) in [7, 11) is 0. The van der Waals surface area contributed by atoms with Gasteiger partial charge < -0.3 is 20.6 Å². The molecule has 1 saturated heterocycles. The van der Waals surface area contributed by atoms with Gasteiger partial charge in [-0.25, -0.2) is 0 Å². The van der Waals surface area contributed by atoms with Crippen molar-refractivity contribution in [1.82, 2.24) is 4.90 Å². The summed E-state index contributed by atoms with van der Waals surface area (Å²) >= 11 is 0. The molecule has 0 amide bonds. The van der Waals surface area contributed by atoms with Crippen LogP contribution in [0.5, 0.6) is 5.75 Å². The van der Waals surface area contributed by atoms with E-state index in [4.69, 9.17) is 0 Å². The molecule has 4 N–H and O–H groups in total. The van der Waals surface area contributed by atoms with Crippen molar-refractivity contribution >= 4 is 5.97 Å². The summed E-state index contributed by atoms with van der Waals surface area (Å²) in [5.74, 6) is -0.450. The van der Waals surface area contributed by atoms with Crippen LogP contribution in [0.4, 0.5) is 0 Å². The Labute approximate surface area is 166 Å². The Balaban J connectivity index is 0.00000280. The molecule has 0 spiro atoms. The summed E-state index contributed by atoms with van der Waals surface area (Å²) in [5, 5.41) is 19.5. The van der Waals surface area contributed by atoms with Crippen LogP contribution in [0.25, 0.3) is 0 Å². The van der Waals surface area contributed by atoms with Gasteiger partial charge in [-0.2, -0.15) is 0 Å². The number of benzene rings is 2. The SMILES string of the molecule is C[C@H]1CN(CC(Cc2ccccc2)C(=O)O)CC[C@@]1(C)c1cccc(O)c1.O. The van der Waals surface area contributed by atoms with Gasteiger partial charge in [0.2, 0.25) is 0 Å². The lowest BCUT2D eigenvalue weighted by Crippen LogP contribution is -2.49. The number of hydrogen-bond acceptors (Lipinski definition) is 3. The highest BCUT2D eigenvalue weighted by Crippen LogP contribution is 2.40. The number of nitrogens with zero attached hydrogens (tertiary/aromatic N) is 1. The average molecular weight is 386 g/mol. The minimum absolute atomic E-state index is 0. The van der Waals surface area contributed by atoms with Crippen molar-refractivity contribution in [2.75, 3.05) is 19.6 Å². The zero-order chi connectivity index (χ0) is 19.4. The third-order valence-electron chi connectivity index (χ3n) is 6.23. The van der Waals surface area contributed by atoms with Gasteiger partial charge in [-0.15, -0.1) is 0 Å². The van der Waals surface area contributed by atoms with Crippen LogP contribution in [0.2, 0.25) is 0 Å². The molecule has 1 aliphatic rings. The van der Waals surface area contributed by atoms with Crippen molar-refractivity contribution in [3.8, 4) is 5.75 Å². The molecule has 1 heterocycles. The minimum Gasteiger partial charge on any atom is -0.508 e. The van der Waals surface area contributed by atoms with Crippen LogP contribution < -0.4 is 0 Å². The quantitative estimate of drug-likeness (QED) is 0.799. The smallest absolute Gasteiger partial charge is 0.308 e. The van der Waals surface area contributed by atoms with E-state index in [0.29, 0.717) is 24.6 Å². The molecule has 3 atom stereocenters. The highest BCUT2D eigenvalue weighted by molar-refractivity contribution is 5.70. The van der Waals surface area contributed by atoms with Crippen molar-refractivity contribution in [3.05, 3.63) is 65.7 Å². The van der Waals surface area contributed by atoms with Crippen LogP contribution in [0.3, 0.4) is 0 Å². The first kappa shape index (κ1) is 21.9. The van der Waals surface area contributed by atoms with Crippen molar-refractivity contribution in [2.24, 2.45) is 11.8 Å². The van der Waals surface area contributed by atoms with E-state index in [1.54, 1.807) is 6.07 Å². The Kier molecular flexibility index (Phi) is 7.22. The molecule has 3 rings (SSSR count). The molecule has 0 radical (unpaired) electrons. The Hall–Kier alpha value is -2.37. The van der Waals surface area contributed by atoms with Crippen molar-refractivity contribution < 1.29 is 20.5 Å². The number of aliphatic carboxylic acids is 1. The molecule has 0 aromatic heterocycles. The first-order chi connectivity index (χ1) is 12.9. The Morgan fingerprint density at radius 1 is 1.21 bits per heavy atom. The molecule has 0 saturated carbocycles. The van der Waals surface area contributed by atoms with Crippen LogP contribution in [-0.2, 0) is 16.6 Å². The molecule has 5 heteroatoms. The summed E-state index contributed by atoms with van der Waals surface area (Å²) in [4.78, 5) is 14.1. The summed E-state index contributed by atoms with van der Waals surface area (Å²) in [6.45, 7) is 6.79. The highest BCUT2D eigenvalue weighted by atomic mass is 16.4. The summed E-state index contributed by atoms with van der Waals surface area (Å²) in [6.07, 6.45) is 1.51. The molecule has 1 unspecified atom stereocenters. The van der Waals surface area contributed by atoms with E-state index < -0.39 is 11.9 Å². The third-order valence-corrected chi connectivity index (χ3v) is 6.23. The van der Waals surface area contributed by atoms with E-state index in [-0.39, 0.29) is 10.9 Å². The maximum atomic E-state index is 11.8. The zero-order valence-electron chi connectivity index (χ0n) is 16.6. The summed E-state index contributed by atoms with van der Waals surface area (Å²) in [5.41, 5.74) is 2.22. The van der Waals surface area contributed by atoms with Crippen LogP contribution in [0, 0.1) is 11.8 Å². The van der Waals surface area contributed by atoms with Crippen LogP contribution >= 0.6 is 0 Å². The lowest BCUT2D eigenvalue weighted by atomic mass is 9.68. The highest BCUT2D eigenvalue weighted by Gasteiger charge is 2.39. The van der Waals surface area contributed by atoms with Crippen LogP contribution in [0.1, 0.15) is 31.4 Å². The fourth-order valence-corrected chi connectivity index (χ4v) is 4.21. The molecule has 0 bridgehead atoms. The van der Waals surface area contributed by atoms with E-state index in [2.05, 4.69) is 24.8 Å². The number of likely N-dealkylation sites (tertiary alicyclic amines) is 1. The fraction of sp³-hybridized carbons (Fsp3) is 0.435. The topological polar surface area (TPSA) is 92.3 Å². The number of aromatic hydroxyl groups is 1. The third kappa shape index (κ3) is 4.91. The second-order valence-corrected chi connectivity index (χ2v) is 8.10. The largest absolute Gasteiger partial charge is 0.508 e. The lowest BCUT2D eigenvalue weighted by molar-refractivity contribution is -0.142. The van der Waals surface area contributed by atoms with E-state index in [1.807, 2.05) is 42.5 Å². The summed E-state index contributed by atoms with van der Waals surface area (Å²) < 4.78 is 0. The van der Waals surface area contributed by atoms with Crippen molar-refractivity contribution in [3.63, 3.8) is 0 Å². The molecule has 2 aromatic rings. The molecule has 152 valence electrons. The number of phenolic OH excluding ortho intramolecular Hbond substituents is 1. The molecule has 1 fully saturated rings. The van der Waals surface area contributed by atoms with Crippen LogP contribution in [0.15, 0.2) is 54.6 Å². The Morgan fingerprint density at radius 3 is 2.54 bits per heavy atom. The number of phenols is 1. The molecule has 28 heavy (non-hydrogen) atoms.